The van der Waals surface area contributed by atoms with Gasteiger partial charge >= 0.3 is 0 Å². The van der Waals surface area contributed by atoms with Gasteiger partial charge in [-0.1, -0.05) is 66.2 Å². The fourth-order valence-electron chi connectivity index (χ4n) is 4.14. The van der Waals surface area contributed by atoms with Gasteiger partial charge in [0.15, 0.2) is 6.61 Å². The summed E-state index contributed by atoms with van der Waals surface area (Å²) in [5, 5.41) is 2.91. The van der Waals surface area contributed by atoms with Crippen LogP contribution in [0.3, 0.4) is 0 Å². The van der Waals surface area contributed by atoms with E-state index in [1.54, 1.807) is 55.6 Å². The molecule has 0 saturated heterocycles. The third-order valence-corrected chi connectivity index (χ3v) is 8.04. The summed E-state index contributed by atoms with van der Waals surface area (Å²) in [4.78, 5) is 12.7. The van der Waals surface area contributed by atoms with E-state index in [2.05, 4.69) is 5.32 Å². The predicted octanol–water partition coefficient (Wildman–Crippen LogP) is 5.66. The topological polar surface area (TPSA) is 84.9 Å². The molecule has 0 spiro atoms. The van der Waals surface area contributed by atoms with Crippen molar-refractivity contribution in [3.05, 3.63) is 120 Å². The number of aryl methyl sites for hydroxylation is 1. The molecule has 0 aliphatic carbocycles. The maximum atomic E-state index is 13.6. The van der Waals surface area contributed by atoms with Crippen LogP contribution in [0.25, 0.3) is 0 Å². The molecule has 0 radical (unpaired) electrons. The lowest BCUT2D eigenvalue weighted by atomic mass is 10.1. The minimum absolute atomic E-state index is 0.167. The third-order valence-electron chi connectivity index (χ3n) is 6.26. The molecule has 8 heteroatoms. The highest BCUT2D eigenvalue weighted by atomic mass is 32.2. The van der Waals surface area contributed by atoms with E-state index >= 15 is 0 Å². The molecule has 1 amide bonds. The molecule has 7 nitrogen and oxygen atoms in total. The molecular formula is C31H32N2O5S. The highest BCUT2D eigenvalue weighted by molar-refractivity contribution is 7.92. The Morgan fingerprint density at radius 1 is 0.872 bits per heavy atom. The lowest BCUT2D eigenvalue weighted by molar-refractivity contribution is -0.123. The van der Waals surface area contributed by atoms with E-state index < -0.39 is 10.0 Å². The zero-order valence-electron chi connectivity index (χ0n) is 22.2. The maximum absolute atomic E-state index is 13.6. The standard InChI is InChI=1S/C31H32N2O5S/c1-23-13-19-28(20-14-23)39(35,36)33(21-25-9-5-4-6-10-25)26-15-17-27(18-16-26)38-22-31(34)32-24(2)29-11-7-8-12-30(29)37-3/h4-20,24H,21-22H2,1-3H3,(H,32,34)/t24-/m1/s1. The summed E-state index contributed by atoms with van der Waals surface area (Å²) >= 11 is 0. The number of amides is 1. The minimum Gasteiger partial charge on any atom is -0.496 e. The Hall–Kier alpha value is -4.30. The first-order chi connectivity index (χ1) is 18.8. The van der Waals surface area contributed by atoms with Crippen LogP contribution in [0.2, 0.25) is 0 Å². The average Bonchev–Trinajstić information content (AvgIpc) is 2.96. The fourth-order valence-corrected chi connectivity index (χ4v) is 5.60. The Balaban J connectivity index is 1.47. The minimum atomic E-state index is -3.84. The van der Waals surface area contributed by atoms with Crippen LogP contribution in [0.1, 0.15) is 29.7 Å². The molecule has 0 aromatic heterocycles. The Morgan fingerprint density at radius 3 is 2.18 bits per heavy atom. The van der Waals surface area contributed by atoms with Crippen LogP contribution in [0.4, 0.5) is 5.69 Å². The molecule has 4 aromatic carbocycles. The van der Waals surface area contributed by atoms with Gasteiger partial charge in [0.2, 0.25) is 0 Å². The number of nitrogens with one attached hydrogen (secondary N) is 1. The lowest BCUT2D eigenvalue weighted by Crippen LogP contribution is -2.31. The van der Waals surface area contributed by atoms with Gasteiger partial charge in [-0.2, -0.15) is 0 Å². The third kappa shape index (κ3) is 6.97. The number of anilines is 1. The number of hydrogen-bond donors (Lipinski definition) is 1. The molecule has 0 aliphatic rings. The second-order valence-electron chi connectivity index (χ2n) is 9.12. The number of methoxy groups -OCH3 is 1. The number of sulfonamides is 1. The Kier molecular flexibility index (Phi) is 8.88. The number of ether oxygens (including phenoxy) is 2. The van der Waals surface area contributed by atoms with E-state index in [0.717, 1.165) is 16.7 Å². The molecule has 4 aromatic rings. The smallest absolute Gasteiger partial charge is 0.264 e. The van der Waals surface area contributed by atoms with Crippen molar-refractivity contribution < 1.29 is 22.7 Å². The van der Waals surface area contributed by atoms with Crippen molar-refractivity contribution in [3.8, 4) is 11.5 Å². The van der Waals surface area contributed by atoms with E-state index in [1.807, 2.05) is 68.4 Å². The summed E-state index contributed by atoms with van der Waals surface area (Å²) in [7, 11) is -2.24. The van der Waals surface area contributed by atoms with Crippen molar-refractivity contribution in [1.82, 2.24) is 5.32 Å². The average molecular weight is 545 g/mol. The highest BCUT2D eigenvalue weighted by Gasteiger charge is 2.25. The zero-order chi connectivity index (χ0) is 27.8. The quantitative estimate of drug-likeness (QED) is 0.264. The van der Waals surface area contributed by atoms with Crippen molar-refractivity contribution in [3.63, 3.8) is 0 Å². The summed E-state index contributed by atoms with van der Waals surface area (Å²) in [6.45, 7) is 3.77. The SMILES string of the molecule is COc1ccccc1[C@@H](C)NC(=O)COc1ccc(N(Cc2ccccc2)S(=O)(=O)c2ccc(C)cc2)cc1. The van der Waals surface area contributed by atoms with Crippen molar-refractivity contribution in [2.24, 2.45) is 0 Å². The molecule has 0 heterocycles. The van der Waals surface area contributed by atoms with Crippen LogP contribution in [0, 0.1) is 6.92 Å². The Labute approximate surface area is 230 Å². The van der Waals surface area contributed by atoms with Gasteiger partial charge in [-0.3, -0.25) is 9.10 Å². The van der Waals surface area contributed by atoms with Crippen LogP contribution < -0.4 is 19.1 Å². The summed E-state index contributed by atoms with van der Waals surface area (Å²) in [5.74, 6) is 0.860. The van der Waals surface area contributed by atoms with E-state index in [4.69, 9.17) is 9.47 Å². The number of para-hydroxylation sites is 1. The molecule has 0 fully saturated rings. The largest absolute Gasteiger partial charge is 0.496 e. The molecule has 0 aliphatic heterocycles. The van der Waals surface area contributed by atoms with Gasteiger partial charge in [-0.25, -0.2) is 8.42 Å². The van der Waals surface area contributed by atoms with Crippen LogP contribution in [0.15, 0.2) is 108 Å². The van der Waals surface area contributed by atoms with Gasteiger partial charge in [-0.15, -0.1) is 0 Å². The van der Waals surface area contributed by atoms with Crippen LogP contribution in [-0.4, -0.2) is 28.0 Å². The molecular weight excluding hydrogens is 512 g/mol. The van der Waals surface area contributed by atoms with Gasteiger partial charge in [0.1, 0.15) is 11.5 Å². The highest BCUT2D eigenvalue weighted by Crippen LogP contribution is 2.28. The Bertz CT molecular complexity index is 1490. The van der Waals surface area contributed by atoms with Crippen LogP contribution in [-0.2, 0) is 21.4 Å². The van der Waals surface area contributed by atoms with Gasteiger partial charge in [0.05, 0.1) is 30.3 Å². The normalized spacial score (nSPS) is 11.9. The molecule has 1 N–H and O–H groups in total. The van der Waals surface area contributed by atoms with Crippen molar-refractivity contribution in [1.29, 1.82) is 0 Å². The number of nitrogens with zero attached hydrogens (tertiary/aromatic N) is 1. The van der Waals surface area contributed by atoms with E-state index in [-0.39, 0.29) is 30.0 Å². The molecule has 1 atom stereocenters. The second-order valence-corrected chi connectivity index (χ2v) is 11.0. The molecule has 202 valence electrons. The van der Waals surface area contributed by atoms with Crippen LogP contribution in [0.5, 0.6) is 11.5 Å². The number of hydrogen-bond acceptors (Lipinski definition) is 5. The Morgan fingerprint density at radius 2 is 1.51 bits per heavy atom. The molecule has 0 bridgehead atoms. The van der Waals surface area contributed by atoms with Gasteiger partial charge in [0, 0.05) is 5.56 Å². The summed E-state index contributed by atoms with van der Waals surface area (Å²) < 4.78 is 39.7. The number of rotatable bonds is 11. The first-order valence-electron chi connectivity index (χ1n) is 12.6. The van der Waals surface area contributed by atoms with Crippen molar-refractivity contribution >= 4 is 21.6 Å². The first-order valence-corrected chi connectivity index (χ1v) is 14.0. The summed E-state index contributed by atoms with van der Waals surface area (Å²) in [6.07, 6.45) is 0. The molecule has 0 unspecified atom stereocenters. The van der Waals surface area contributed by atoms with E-state index in [0.29, 0.717) is 17.2 Å². The second kappa shape index (κ2) is 12.5. The number of carbonyl (C=O) groups excluding carboxylic acids is 1. The first kappa shape index (κ1) is 27.7. The predicted molar refractivity (Wildman–Crippen MR) is 152 cm³/mol. The number of benzene rings is 4. The monoisotopic (exact) mass is 544 g/mol. The van der Waals surface area contributed by atoms with Gasteiger partial charge in [-0.05, 0) is 61.9 Å². The summed E-state index contributed by atoms with van der Waals surface area (Å²) in [5.41, 5.74) is 3.19. The lowest BCUT2D eigenvalue weighted by Gasteiger charge is -2.25. The molecule has 4 rings (SSSR count). The van der Waals surface area contributed by atoms with Gasteiger partial charge in [0.25, 0.3) is 15.9 Å². The van der Waals surface area contributed by atoms with E-state index in [1.165, 1.54) is 4.31 Å². The van der Waals surface area contributed by atoms with Crippen LogP contribution >= 0.6 is 0 Å². The summed E-state index contributed by atoms with van der Waals surface area (Å²) in [6, 6.07) is 30.1. The maximum Gasteiger partial charge on any atom is 0.264 e. The molecule has 39 heavy (non-hydrogen) atoms. The van der Waals surface area contributed by atoms with Gasteiger partial charge < -0.3 is 14.8 Å². The fraction of sp³-hybridized carbons (Fsp3) is 0.194. The van der Waals surface area contributed by atoms with Crippen molar-refractivity contribution in [2.45, 2.75) is 31.3 Å². The molecule has 0 saturated carbocycles. The number of carbonyl (C=O) groups is 1. The van der Waals surface area contributed by atoms with E-state index in [9.17, 15) is 13.2 Å². The van der Waals surface area contributed by atoms with Crippen molar-refractivity contribution in [2.75, 3.05) is 18.0 Å². The zero-order valence-corrected chi connectivity index (χ0v) is 23.0.